The number of carbonyl (C=O) groups excluding carboxylic acids is 1. The quantitative estimate of drug-likeness (QED) is 0.625. The van der Waals surface area contributed by atoms with Crippen LogP contribution >= 0.6 is 11.8 Å². The van der Waals surface area contributed by atoms with Crippen LogP contribution in [0, 0.1) is 5.41 Å². The number of nitrogens with one attached hydrogen (secondary N) is 1. The molecule has 1 N–H and O–H groups in total. The summed E-state index contributed by atoms with van der Waals surface area (Å²) in [6.07, 6.45) is 1.78. The van der Waals surface area contributed by atoms with Gasteiger partial charge < -0.3 is 0 Å². The van der Waals surface area contributed by atoms with E-state index in [0.29, 0.717) is 10.7 Å². The molecule has 0 aliphatic carbocycles. The van der Waals surface area contributed by atoms with Crippen molar-refractivity contribution in [1.29, 1.82) is 5.41 Å². The maximum absolute atomic E-state index is 12.7. The fourth-order valence-corrected chi connectivity index (χ4v) is 4.34. The first-order chi connectivity index (χ1) is 13.7. The molecular formula is C23H15N3OS. The number of nitrogens with zero attached hydrogens (tertiary/aromatic N) is 2. The monoisotopic (exact) mass is 381 g/mol. The van der Waals surface area contributed by atoms with E-state index in [1.165, 1.54) is 11.8 Å². The Morgan fingerprint density at radius 1 is 0.929 bits per heavy atom. The zero-order valence-electron chi connectivity index (χ0n) is 14.8. The van der Waals surface area contributed by atoms with Crippen molar-refractivity contribution in [2.45, 2.75) is 0 Å². The third kappa shape index (κ3) is 2.68. The van der Waals surface area contributed by atoms with Crippen molar-refractivity contribution in [2.24, 2.45) is 4.99 Å². The van der Waals surface area contributed by atoms with E-state index in [-0.39, 0.29) is 11.7 Å². The fourth-order valence-electron chi connectivity index (χ4n) is 3.45. The van der Waals surface area contributed by atoms with Crippen molar-refractivity contribution in [2.75, 3.05) is 0 Å². The maximum Gasteiger partial charge on any atom is 0.283 e. The molecule has 0 spiro atoms. The summed E-state index contributed by atoms with van der Waals surface area (Å²) in [4.78, 5) is 18.7. The molecule has 2 aliphatic rings. The van der Waals surface area contributed by atoms with Gasteiger partial charge in [-0.05, 0) is 28.0 Å². The highest BCUT2D eigenvalue weighted by Crippen LogP contribution is 2.37. The number of amidine groups is 2. The van der Waals surface area contributed by atoms with Gasteiger partial charge in [0.15, 0.2) is 5.17 Å². The second-order valence-electron chi connectivity index (χ2n) is 6.50. The molecule has 3 aromatic carbocycles. The molecule has 2 aliphatic heterocycles. The second kappa shape index (κ2) is 6.62. The Balaban J connectivity index is 1.60. The van der Waals surface area contributed by atoms with Crippen LogP contribution in [0.5, 0.6) is 0 Å². The molecule has 4 nitrogen and oxygen atoms in total. The lowest BCUT2D eigenvalue weighted by Gasteiger charge is -2.27. The highest BCUT2D eigenvalue weighted by molar-refractivity contribution is 8.17. The molecule has 0 saturated carbocycles. The summed E-state index contributed by atoms with van der Waals surface area (Å²) in [5.74, 6) is -0.220. The van der Waals surface area contributed by atoms with E-state index < -0.39 is 0 Å². The van der Waals surface area contributed by atoms with E-state index in [1.807, 2.05) is 78.2 Å². The molecule has 0 bridgehead atoms. The minimum Gasteiger partial charge on any atom is -0.283 e. The second-order valence-corrected chi connectivity index (χ2v) is 7.33. The standard InChI is InChI=1S/C23H15N3OS/c24-21-19(13-17-11-6-10-15-7-4-5-12-18(15)17)22(27)25-23-26(21)20(14-28-23)16-8-2-1-3-9-16/h1-14,24H/b19-13-,24-21?. The van der Waals surface area contributed by atoms with Gasteiger partial charge in [0.2, 0.25) is 0 Å². The molecule has 0 fully saturated rings. The maximum atomic E-state index is 12.7. The number of aliphatic imine (C=N–C) groups is 1. The van der Waals surface area contributed by atoms with Crippen LogP contribution in [0.4, 0.5) is 0 Å². The van der Waals surface area contributed by atoms with Gasteiger partial charge >= 0.3 is 0 Å². The first-order valence-electron chi connectivity index (χ1n) is 8.86. The number of benzene rings is 3. The predicted octanol–water partition coefficient (Wildman–Crippen LogP) is 5.14. The number of fused-ring (bicyclic) bond motifs is 2. The Morgan fingerprint density at radius 2 is 1.68 bits per heavy atom. The van der Waals surface area contributed by atoms with Crippen LogP contribution in [0.2, 0.25) is 0 Å². The Hall–Kier alpha value is -3.44. The molecule has 5 rings (SSSR count). The molecule has 134 valence electrons. The van der Waals surface area contributed by atoms with Gasteiger partial charge in [-0.2, -0.15) is 4.99 Å². The first-order valence-corrected chi connectivity index (χ1v) is 9.74. The van der Waals surface area contributed by atoms with Gasteiger partial charge in [0, 0.05) is 5.41 Å². The van der Waals surface area contributed by atoms with Crippen molar-refractivity contribution < 1.29 is 4.79 Å². The smallest absolute Gasteiger partial charge is 0.283 e. The average molecular weight is 381 g/mol. The molecule has 0 saturated heterocycles. The van der Waals surface area contributed by atoms with Gasteiger partial charge in [-0.25, -0.2) is 0 Å². The summed E-state index contributed by atoms with van der Waals surface area (Å²) in [5.41, 5.74) is 3.06. The summed E-state index contributed by atoms with van der Waals surface area (Å²) >= 11 is 1.37. The van der Waals surface area contributed by atoms with E-state index in [9.17, 15) is 4.79 Å². The van der Waals surface area contributed by atoms with Crippen LogP contribution in [0.15, 0.2) is 88.8 Å². The van der Waals surface area contributed by atoms with Crippen molar-refractivity contribution >= 4 is 51.2 Å². The molecule has 0 atom stereocenters. The van der Waals surface area contributed by atoms with Crippen LogP contribution in [0.25, 0.3) is 22.5 Å². The number of carbonyl (C=O) groups is 1. The minimum absolute atomic E-state index is 0.156. The van der Waals surface area contributed by atoms with E-state index in [2.05, 4.69) is 4.99 Å². The predicted molar refractivity (Wildman–Crippen MR) is 116 cm³/mol. The topological polar surface area (TPSA) is 56.5 Å². The molecule has 1 amide bonds. The lowest BCUT2D eigenvalue weighted by Crippen LogP contribution is -2.38. The number of hydrogen-bond donors (Lipinski definition) is 1. The van der Waals surface area contributed by atoms with Crippen molar-refractivity contribution in [3.8, 4) is 0 Å². The van der Waals surface area contributed by atoms with Crippen LogP contribution in [-0.2, 0) is 4.79 Å². The van der Waals surface area contributed by atoms with E-state index >= 15 is 0 Å². The lowest BCUT2D eigenvalue weighted by atomic mass is 10.0. The summed E-state index contributed by atoms with van der Waals surface area (Å²) in [6, 6.07) is 23.8. The number of thioether (sulfide) groups is 1. The van der Waals surface area contributed by atoms with Crippen molar-refractivity contribution in [1.82, 2.24) is 4.90 Å². The van der Waals surface area contributed by atoms with Crippen LogP contribution in [0.1, 0.15) is 11.1 Å². The van der Waals surface area contributed by atoms with E-state index in [0.717, 1.165) is 27.6 Å². The normalized spacial score (nSPS) is 17.7. The Kier molecular flexibility index (Phi) is 3.95. The van der Waals surface area contributed by atoms with Crippen molar-refractivity contribution in [3.63, 3.8) is 0 Å². The molecule has 3 aromatic rings. The largest absolute Gasteiger partial charge is 0.283 e. The fraction of sp³-hybridized carbons (Fsp3) is 0. The lowest BCUT2D eigenvalue weighted by molar-refractivity contribution is -0.114. The van der Waals surface area contributed by atoms with Crippen LogP contribution < -0.4 is 0 Å². The van der Waals surface area contributed by atoms with E-state index in [1.54, 1.807) is 11.0 Å². The highest BCUT2D eigenvalue weighted by atomic mass is 32.2. The van der Waals surface area contributed by atoms with Gasteiger partial charge in [-0.1, -0.05) is 84.6 Å². The highest BCUT2D eigenvalue weighted by Gasteiger charge is 2.36. The van der Waals surface area contributed by atoms with E-state index in [4.69, 9.17) is 5.41 Å². The molecular weight excluding hydrogens is 366 g/mol. The van der Waals surface area contributed by atoms with Gasteiger partial charge in [0.05, 0.1) is 11.3 Å². The summed E-state index contributed by atoms with van der Waals surface area (Å²) < 4.78 is 0. The van der Waals surface area contributed by atoms with Gasteiger partial charge in [-0.15, -0.1) is 0 Å². The molecule has 5 heteroatoms. The van der Waals surface area contributed by atoms with Gasteiger partial charge in [0.25, 0.3) is 5.91 Å². The summed E-state index contributed by atoms with van der Waals surface area (Å²) in [5, 5.41) is 13.4. The molecule has 0 unspecified atom stereocenters. The third-order valence-corrected chi connectivity index (χ3v) is 5.63. The zero-order chi connectivity index (χ0) is 19.1. The molecule has 2 heterocycles. The third-order valence-electron chi connectivity index (χ3n) is 4.81. The minimum atomic E-state index is -0.376. The SMILES string of the molecule is N=C1/C(=C/c2cccc3ccccc23)C(=O)N=C2SC=C(c3ccccc3)N12. The van der Waals surface area contributed by atoms with Crippen LogP contribution in [-0.4, -0.2) is 21.8 Å². The number of rotatable bonds is 2. The van der Waals surface area contributed by atoms with Crippen LogP contribution in [0.3, 0.4) is 0 Å². The summed E-state index contributed by atoms with van der Waals surface area (Å²) in [7, 11) is 0. The zero-order valence-corrected chi connectivity index (χ0v) is 15.6. The molecule has 0 radical (unpaired) electrons. The van der Waals surface area contributed by atoms with Crippen molar-refractivity contribution in [3.05, 3.63) is 94.9 Å². The molecule has 0 aromatic heterocycles. The average Bonchev–Trinajstić information content (AvgIpc) is 3.16. The summed E-state index contributed by atoms with van der Waals surface area (Å²) in [6.45, 7) is 0. The Labute approximate surface area is 166 Å². The first kappa shape index (κ1) is 16.7. The molecule has 28 heavy (non-hydrogen) atoms. The van der Waals surface area contributed by atoms with Gasteiger partial charge in [-0.3, -0.25) is 15.1 Å². The Morgan fingerprint density at radius 3 is 2.54 bits per heavy atom. The number of amides is 1. The van der Waals surface area contributed by atoms with Gasteiger partial charge in [0.1, 0.15) is 5.84 Å². The Bertz CT molecular complexity index is 1220. The number of hydrogen-bond acceptors (Lipinski definition) is 3.